The van der Waals surface area contributed by atoms with Gasteiger partial charge >= 0.3 is 6.18 Å². The summed E-state index contributed by atoms with van der Waals surface area (Å²) in [5.41, 5.74) is -0.217. The first kappa shape index (κ1) is 21.8. The van der Waals surface area contributed by atoms with Crippen LogP contribution in [0.25, 0.3) is 16.9 Å². The van der Waals surface area contributed by atoms with Gasteiger partial charge in [0.15, 0.2) is 5.82 Å². The van der Waals surface area contributed by atoms with Crippen LogP contribution in [0.2, 0.25) is 5.02 Å². The van der Waals surface area contributed by atoms with Crippen LogP contribution in [0.1, 0.15) is 42.6 Å². The minimum Gasteiger partial charge on any atom is -0.340 e. The van der Waals surface area contributed by atoms with E-state index in [2.05, 4.69) is 10.1 Å². The van der Waals surface area contributed by atoms with Crippen molar-refractivity contribution in [1.82, 2.24) is 19.9 Å². The third-order valence-electron chi connectivity index (χ3n) is 4.53. The smallest absolute Gasteiger partial charge is 0.340 e. The molecule has 0 aliphatic rings. The van der Waals surface area contributed by atoms with Crippen molar-refractivity contribution in [3.05, 3.63) is 56.7 Å². The van der Waals surface area contributed by atoms with Gasteiger partial charge in [-0.25, -0.2) is 8.91 Å². The third kappa shape index (κ3) is 4.04. The van der Waals surface area contributed by atoms with E-state index >= 15 is 0 Å². The summed E-state index contributed by atoms with van der Waals surface area (Å²) in [7, 11) is 0. The van der Waals surface area contributed by atoms with E-state index in [9.17, 15) is 27.2 Å². The zero-order valence-electron chi connectivity index (χ0n) is 16.1. The molecule has 0 aliphatic heterocycles. The first-order valence-electron chi connectivity index (χ1n) is 8.88. The Balaban J connectivity index is 2.15. The summed E-state index contributed by atoms with van der Waals surface area (Å²) >= 11 is 5.66. The highest BCUT2D eigenvalue weighted by atomic mass is 35.5. The lowest BCUT2D eigenvalue weighted by Gasteiger charge is -2.17. The Morgan fingerprint density at radius 1 is 1.27 bits per heavy atom. The number of halogens is 5. The molecule has 2 heterocycles. The quantitative estimate of drug-likeness (QED) is 0.589. The van der Waals surface area contributed by atoms with Crippen molar-refractivity contribution in [3.8, 4) is 11.4 Å². The molecule has 2 aromatic heterocycles. The first-order chi connectivity index (χ1) is 13.9. The number of hydrogen-bond donors (Lipinski definition) is 2. The summed E-state index contributed by atoms with van der Waals surface area (Å²) in [6.07, 6.45) is -3.43. The van der Waals surface area contributed by atoms with Crippen molar-refractivity contribution in [2.45, 2.75) is 38.9 Å². The lowest BCUT2D eigenvalue weighted by atomic mass is 9.99. The molecule has 1 amide bonds. The molecule has 0 bridgehead atoms. The Hall–Kier alpha value is -2.88. The van der Waals surface area contributed by atoms with Gasteiger partial charge in [0.2, 0.25) is 0 Å². The fraction of sp³-hybridized carbons (Fsp3) is 0.316. The summed E-state index contributed by atoms with van der Waals surface area (Å²) in [6, 6.07) is 1.74. The molecular formula is C19H17ClF4N4O2. The largest absolute Gasteiger partial charge is 0.408 e. The molecule has 0 spiro atoms. The van der Waals surface area contributed by atoms with E-state index in [1.807, 2.05) is 5.32 Å². The maximum atomic E-state index is 13.8. The van der Waals surface area contributed by atoms with Gasteiger partial charge in [-0.05, 0) is 31.0 Å². The van der Waals surface area contributed by atoms with E-state index in [1.165, 1.54) is 18.3 Å². The molecule has 11 heteroatoms. The Morgan fingerprint density at radius 3 is 2.50 bits per heavy atom. The number of nitrogens with zero attached hydrogens (tertiary/aromatic N) is 2. The number of benzene rings is 1. The minimum atomic E-state index is -4.62. The van der Waals surface area contributed by atoms with Gasteiger partial charge in [0, 0.05) is 17.3 Å². The maximum Gasteiger partial charge on any atom is 0.408 e. The van der Waals surface area contributed by atoms with Crippen molar-refractivity contribution >= 4 is 23.0 Å². The van der Waals surface area contributed by atoms with Crippen LogP contribution in [0.4, 0.5) is 17.6 Å². The molecule has 0 saturated carbocycles. The number of H-pyrrole nitrogens is 1. The van der Waals surface area contributed by atoms with Crippen molar-refractivity contribution in [1.29, 1.82) is 0 Å². The van der Waals surface area contributed by atoms with Gasteiger partial charge in [-0.3, -0.25) is 9.59 Å². The van der Waals surface area contributed by atoms with Crippen LogP contribution in [0.3, 0.4) is 0 Å². The summed E-state index contributed by atoms with van der Waals surface area (Å²) in [6.45, 7) is 4.21. The number of nitrogens with one attached hydrogen (secondary N) is 2. The third-order valence-corrected chi connectivity index (χ3v) is 4.84. The highest BCUT2D eigenvalue weighted by Crippen LogP contribution is 2.27. The molecule has 30 heavy (non-hydrogen) atoms. The van der Waals surface area contributed by atoms with Gasteiger partial charge in [0.05, 0.1) is 10.6 Å². The number of carbonyl (C=O) groups excluding carboxylic acids is 1. The van der Waals surface area contributed by atoms with Crippen LogP contribution in [0, 0.1) is 5.82 Å². The number of hydrogen-bond acceptors (Lipinski definition) is 3. The van der Waals surface area contributed by atoms with Gasteiger partial charge in [0.25, 0.3) is 11.5 Å². The van der Waals surface area contributed by atoms with Crippen molar-refractivity contribution in [2.75, 3.05) is 0 Å². The highest BCUT2D eigenvalue weighted by Gasteiger charge is 2.37. The van der Waals surface area contributed by atoms with Crippen molar-refractivity contribution in [2.24, 2.45) is 0 Å². The van der Waals surface area contributed by atoms with Gasteiger partial charge in [0.1, 0.15) is 17.4 Å². The fourth-order valence-corrected chi connectivity index (χ4v) is 3.12. The number of aromatic nitrogens is 3. The number of amides is 1. The first-order valence-corrected chi connectivity index (χ1v) is 9.26. The second-order valence-corrected chi connectivity index (χ2v) is 7.48. The predicted molar refractivity (Wildman–Crippen MR) is 103 cm³/mol. The molecule has 0 radical (unpaired) electrons. The molecule has 3 rings (SSSR count). The summed E-state index contributed by atoms with van der Waals surface area (Å²) in [5, 5.41) is 5.98. The van der Waals surface area contributed by atoms with Gasteiger partial charge in [-0.1, -0.05) is 25.4 Å². The van der Waals surface area contributed by atoms with E-state index < -0.39 is 29.5 Å². The van der Waals surface area contributed by atoms with E-state index in [4.69, 9.17) is 11.6 Å². The zero-order chi connectivity index (χ0) is 22.4. The van der Waals surface area contributed by atoms with Crippen LogP contribution < -0.4 is 10.9 Å². The summed E-state index contributed by atoms with van der Waals surface area (Å²) < 4.78 is 53.4. The summed E-state index contributed by atoms with van der Waals surface area (Å²) in [5.74, 6) is -2.05. The standard InChI is InChI=1S/C19H17ClF4N4O2/c1-8(2)14-11(17(29)25-9(3)19(22,23)24)7-28-15(14)18(30)26-16(27-28)10-4-5-12(20)13(21)6-10/h4-9H,1-3H3,(H,25,29)(H,26,27,30)/t9-/m0/s1. The minimum absolute atomic E-state index is 0.00369. The average Bonchev–Trinajstić information content (AvgIpc) is 3.03. The molecule has 0 unspecified atom stereocenters. The normalized spacial score (nSPS) is 13.1. The lowest BCUT2D eigenvalue weighted by Crippen LogP contribution is -2.43. The van der Waals surface area contributed by atoms with E-state index in [-0.39, 0.29) is 39.0 Å². The van der Waals surface area contributed by atoms with Crippen LogP contribution in [0.15, 0.2) is 29.2 Å². The fourth-order valence-electron chi connectivity index (χ4n) is 3.01. The summed E-state index contributed by atoms with van der Waals surface area (Å²) in [4.78, 5) is 27.8. The van der Waals surface area contributed by atoms with Crippen LogP contribution in [-0.4, -0.2) is 32.7 Å². The van der Waals surface area contributed by atoms with E-state index in [0.717, 1.165) is 17.5 Å². The van der Waals surface area contributed by atoms with Gasteiger partial charge in [-0.2, -0.15) is 13.2 Å². The van der Waals surface area contributed by atoms with Crippen LogP contribution in [-0.2, 0) is 0 Å². The highest BCUT2D eigenvalue weighted by molar-refractivity contribution is 6.30. The van der Waals surface area contributed by atoms with E-state index in [1.54, 1.807) is 13.8 Å². The van der Waals surface area contributed by atoms with Crippen molar-refractivity contribution in [3.63, 3.8) is 0 Å². The molecule has 160 valence electrons. The monoisotopic (exact) mass is 444 g/mol. The number of alkyl halides is 3. The molecular weight excluding hydrogens is 428 g/mol. The SMILES string of the molecule is CC(C)c1c(C(=O)N[C@@H](C)C(F)(F)F)cn2nc(-c3ccc(Cl)c(F)c3)[nH]c(=O)c12. The number of rotatable bonds is 4. The maximum absolute atomic E-state index is 13.8. The number of aromatic amines is 1. The molecule has 1 atom stereocenters. The van der Waals surface area contributed by atoms with Gasteiger partial charge in [-0.15, -0.1) is 5.10 Å². The number of carbonyl (C=O) groups is 1. The van der Waals surface area contributed by atoms with Crippen LogP contribution >= 0.6 is 11.6 Å². The Morgan fingerprint density at radius 2 is 1.93 bits per heavy atom. The molecule has 1 aromatic carbocycles. The number of fused-ring (bicyclic) bond motifs is 1. The molecule has 0 aliphatic carbocycles. The Bertz CT molecular complexity index is 1180. The molecule has 0 fully saturated rings. The van der Waals surface area contributed by atoms with Crippen molar-refractivity contribution < 1.29 is 22.4 Å². The zero-order valence-corrected chi connectivity index (χ0v) is 16.8. The van der Waals surface area contributed by atoms with E-state index in [0.29, 0.717) is 0 Å². The average molecular weight is 445 g/mol. The predicted octanol–water partition coefficient (Wildman–Crippen LogP) is 4.29. The Kier molecular flexibility index (Phi) is 5.64. The Labute approximate surface area is 172 Å². The lowest BCUT2D eigenvalue weighted by molar-refractivity contribution is -0.149. The molecule has 0 saturated heterocycles. The molecule has 3 aromatic rings. The van der Waals surface area contributed by atoms with Crippen LogP contribution in [0.5, 0.6) is 0 Å². The second-order valence-electron chi connectivity index (χ2n) is 7.07. The molecule has 2 N–H and O–H groups in total. The second kappa shape index (κ2) is 7.75. The van der Waals surface area contributed by atoms with Gasteiger partial charge < -0.3 is 10.3 Å². The molecule has 6 nitrogen and oxygen atoms in total. The topological polar surface area (TPSA) is 79.3 Å².